The van der Waals surface area contributed by atoms with E-state index in [9.17, 15) is 8.42 Å². The molecule has 100 valence electrons. The van der Waals surface area contributed by atoms with Gasteiger partial charge in [-0.1, -0.05) is 19.1 Å². The summed E-state index contributed by atoms with van der Waals surface area (Å²) in [5, 5.41) is -0.786. The van der Waals surface area contributed by atoms with Crippen molar-refractivity contribution in [3.8, 4) is 0 Å². The minimum Gasteiger partial charge on any atom is -0.392 e. The summed E-state index contributed by atoms with van der Waals surface area (Å²) in [6.07, 6.45) is 0. The fourth-order valence-electron chi connectivity index (χ4n) is 2.16. The molecular weight excluding hydrogens is 258 g/mol. The third-order valence-corrected chi connectivity index (χ3v) is 6.08. The van der Waals surface area contributed by atoms with E-state index in [4.69, 9.17) is 18.0 Å². The highest BCUT2D eigenvalue weighted by Crippen LogP contribution is 2.24. The van der Waals surface area contributed by atoms with Gasteiger partial charge in [0, 0.05) is 19.1 Å². The lowest BCUT2D eigenvalue weighted by Gasteiger charge is -2.23. The summed E-state index contributed by atoms with van der Waals surface area (Å²) in [5.74, 6) is 0.318. The van der Waals surface area contributed by atoms with Crippen molar-refractivity contribution in [2.75, 3.05) is 27.2 Å². The highest BCUT2D eigenvalue weighted by molar-refractivity contribution is 7.92. The molecule has 0 amide bonds. The first-order chi connectivity index (χ1) is 7.67. The van der Waals surface area contributed by atoms with Crippen LogP contribution in [0.2, 0.25) is 0 Å². The fraction of sp³-hybridized carbons (Fsp3) is 0.900. The normalized spacial score (nSPS) is 28.5. The van der Waals surface area contributed by atoms with Crippen LogP contribution < -0.4 is 5.73 Å². The van der Waals surface area contributed by atoms with Crippen LogP contribution in [0, 0.1) is 5.92 Å². The van der Waals surface area contributed by atoms with E-state index >= 15 is 0 Å². The number of hydrogen-bond acceptors (Lipinski definition) is 4. The molecule has 1 heterocycles. The van der Waals surface area contributed by atoms with Gasteiger partial charge in [0.15, 0.2) is 0 Å². The van der Waals surface area contributed by atoms with Crippen molar-refractivity contribution in [1.29, 1.82) is 0 Å². The number of hydrogen-bond donors (Lipinski definition) is 1. The van der Waals surface area contributed by atoms with Crippen LogP contribution in [0.3, 0.4) is 0 Å². The third-order valence-electron chi connectivity index (χ3n) is 3.41. The van der Waals surface area contributed by atoms with E-state index < -0.39 is 15.3 Å². The molecule has 1 aliphatic heterocycles. The van der Waals surface area contributed by atoms with Gasteiger partial charge in [-0.15, -0.1) is 0 Å². The van der Waals surface area contributed by atoms with Crippen LogP contribution in [0.4, 0.5) is 0 Å². The van der Waals surface area contributed by atoms with E-state index in [-0.39, 0.29) is 11.0 Å². The van der Waals surface area contributed by atoms with E-state index in [1.807, 2.05) is 14.1 Å². The zero-order valence-corrected chi connectivity index (χ0v) is 12.4. The van der Waals surface area contributed by atoms with Gasteiger partial charge in [0.25, 0.3) is 0 Å². The largest absolute Gasteiger partial charge is 0.392 e. The van der Waals surface area contributed by atoms with Crippen molar-refractivity contribution in [3.05, 3.63) is 0 Å². The topological polar surface area (TPSA) is 66.6 Å². The Morgan fingerprint density at radius 3 is 2.35 bits per heavy atom. The molecule has 1 rings (SSSR count). The maximum Gasteiger partial charge on any atom is 0.223 e. The van der Waals surface area contributed by atoms with Gasteiger partial charge in [0.2, 0.25) is 10.0 Å². The minimum absolute atomic E-state index is 0.0333. The molecular formula is C10H21N3O2S2. The van der Waals surface area contributed by atoms with Gasteiger partial charge in [-0.25, -0.2) is 8.42 Å². The predicted octanol–water partition coefficient (Wildman–Crippen LogP) is -0.127. The van der Waals surface area contributed by atoms with Crippen LogP contribution in [0.1, 0.15) is 13.8 Å². The van der Waals surface area contributed by atoms with Crippen LogP contribution in [0.15, 0.2) is 0 Å². The van der Waals surface area contributed by atoms with Crippen molar-refractivity contribution in [2.24, 2.45) is 11.7 Å². The summed E-state index contributed by atoms with van der Waals surface area (Å²) < 4.78 is 26.0. The van der Waals surface area contributed by atoms with Crippen molar-refractivity contribution in [2.45, 2.75) is 25.1 Å². The number of rotatable bonds is 4. The van der Waals surface area contributed by atoms with E-state index in [1.165, 1.54) is 4.31 Å². The van der Waals surface area contributed by atoms with Gasteiger partial charge in [-0.2, -0.15) is 4.31 Å². The van der Waals surface area contributed by atoms with Crippen molar-refractivity contribution in [1.82, 2.24) is 9.21 Å². The number of sulfonamides is 1. The predicted molar refractivity (Wildman–Crippen MR) is 73.4 cm³/mol. The Hall–Kier alpha value is -0.240. The molecule has 3 atom stereocenters. The molecule has 0 bridgehead atoms. The SMILES string of the molecule is CC1CN(S(=O)(=O)C(C)C(N)=S)CC1N(C)C. The Kier molecular flexibility index (Phi) is 4.51. The summed E-state index contributed by atoms with van der Waals surface area (Å²) >= 11 is 4.77. The van der Waals surface area contributed by atoms with E-state index in [0.29, 0.717) is 19.0 Å². The Bertz CT molecular complexity index is 394. The first-order valence-corrected chi connectivity index (χ1v) is 7.53. The molecule has 3 unspecified atom stereocenters. The molecule has 7 heteroatoms. The molecule has 2 N–H and O–H groups in total. The molecule has 0 saturated carbocycles. The lowest BCUT2D eigenvalue weighted by molar-refractivity contribution is 0.263. The van der Waals surface area contributed by atoms with Gasteiger partial charge < -0.3 is 10.6 Å². The molecule has 5 nitrogen and oxygen atoms in total. The van der Waals surface area contributed by atoms with Crippen molar-refractivity contribution < 1.29 is 8.42 Å². The maximum atomic E-state index is 12.2. The van der Waals surface area contributed by atoms with E-state index in [2.05, 4.69) is 11.8 Å². The Morgan fingerprint density at radius 2 is 2.00 bits per heavy atom. The van der Waals surface area contributed by atoms with Crippen LogP contribution in [0.5, 0.6) is 0 Å². The molecule has 1 fully saturated rings. The number of likely N-dealkylation sites (N-methyl/N-ethyl adjacent to an activating group) is 1. The minimum atomic E-state index is -3.40. The van der Waals surface area contributed by atoms with Gasteiger partial charge in [-0.3, -0.25) is 0 Å². The summed E-state index contributed by atoms with van der Waals surface area (Å²) in [4.78, 5) is 2.09. The second-order valence-corrected chi connectivity index (χ2v) is 7.64. The summed E-state index contributed by atoms with van der Waals surface area (Å²) in [7, 11) is 0.536. The van der Waals surface area contributed by atoms with Gasteiger partial charge in [0.05, 0.1) is 4.99 Å². The van der Waals surface area contributed by atoms with E-state index in [0.717, 1.165) is 0 Å². The molecule has 17 heavy (non-hydrogen) atoms. The molecule has 1 aliphatic rings. The zero-order valence-electron chi connectivity index (χ0n) is 10.8. The average molecular weight is 279 g/mol. The fourth-order valence-corrected chi connectivity index (χ4v) is 4.07. The van der Waals surface area contributed by atoms with Gasteiger partial charge in [-0.05, 0) is 26.9 Å². The Morgan fingerprint density at radius 1 is 1.47 bits per heavy atom. The molecule has 0 aliphatic carbocycles. The van der Waals surface area contributed by atoms with Crippen LogP contribution >= 0.6 is 12.2 Å². The van der Waals surface area contributed by atoms with Crippen molar-refractivity contribution in [3.63, 3.8) is 0 Å². The maximum absolute atomic E-state index is 12.2. The molecule has 0 aromatic carbocycles. The number of nitrogens with zero attached hydrogens (tertiary/aromatic N) is 2. The van der Waals surface area contributed by atoms with Gasteiger partial charge in [0.1, 0.15) is 5.25 Å². The third kappa shape index (κ3) is 2.96. The zero-order chi connectivity index (χ0) is 13.4. The van der Waals surface area contributed by atoms with Crippen LogP contribution in [-0.2, 0) is 10.0 Å². The average Bonchev–Trinajstić information content (AvgIpc) is 2.59. The van der Waals surface area contributed by atoms with Crippen LogP contribution in [-0.4, -0.2) is 61.1 Å². The summed E-state index contributed by atoms with van der Waals surface area (Å²) in [5.41, 5.74) is 5.43. The number of nitrogens with two attached hydrogens (primary N) is 1. The Labute approximate surface area is 109 Å². The van der Waals surface area contributed by atoms with E-state index in [1.54, 1.807) is 6.92 Å². The monoisotopic (exact) mass is 279 g/mol. The summed E-state index contributed by atoms with van der Waals surface area (Å²) in [6, 6.07) is 0.253. The molecule has 0 radical (unpaired) electrons. The van der Waals surface area contributed by atoms with Crippen molar-refractivity contribution >= 4 is 27.2 Å². The Balaban J connectivity index is 2.87. The highest BCUT2D eigenvalue weighted by Gasteiger charge is 2.40. The summed E-state index contributed by atoms with van der Waals surface area (Å²) in [6.45, 7) is 4.67. The van der Waals surface area contributed by atoms with Gasteiger partial charge >= 0.3 is 0 Å². The standard InChI is InChI=1S/C10H21N3O2S2/c1-7-5-13(6-9(7)12(3)4)17(14,15)8(2)10(11)16/h7-9H,5-6H2,1-4H3,(H2,11,16). The first kappa shape index (κ1) is 14.8. The lowest BCUT2D eigenvalue weighted by atomic mass is 10.1. The second kappa shape index (κ2) is 5.17. The molecule has 0 aromatic heterocycles. The highest BCUT2D eigenvalue weighted by atomic mass is 32.2. The molecule has 1 saturated heterocycles. The molecule has 0 aromatic rings. The lowest BCUT2D eigenvalue weighted by Crippen LogP contribution is -2.43. The molecule has 0 spiro atoms. The van der Waals surface area contributed by atoms with Crippen LogP contribution in [0.25, 0.3) is 0 Å². The first-order valence-electron chi connectivity index (χ1n) is 5.62. The number of thiocarbonyl (C=S) groups is 1. The second-order valence-electron chi connectivity index (χ2n) is 4.91. The smallest absolute Gasteiger partial charge is 0.223 e. The quantitative estimate of drug-likeness (QED) is 0.726.